The van der Waals surface area contributed by atoms with Gasteiger partial charge in [-0.15, -0.1) is 0 Å². The Bertz CT molecular complexity index is 468. The Morgan fingerprint density at radius 2 is 2.35 bits per heavy atom. The molecule has 17 heavy (non-hydrogen) atoms. The van der Waals surface area contributed by atoms with Gasteiger partial charge in [-0.25, -0.2) is 4.79 Å². The van der Waals surface area contributed by atoms with Crippen molar-refractivity contribution in [3.8, 4) is 0 Å². The summed E-state index contributed by atoms with van der Waals surface area (Å²) >= 11 is 3.50. The number of halogens is 1. The molecule has 1 heterocycles. The van der Waals surface area contributed by atoms with E-state index in [-0.39, 0.29) is 5.97 Å². The zero-order valence-corrected chi connectivity index (χ0v) is 11.3. The van der Waals surface area contributed by atoms with Gasteiger partial charge in [0, 0.05) is 28.5 Å². The average molecular weight is 296 g/mol. The third kappa shape index (κ3) is 2.75. The predicted molar refractivity (Wildman–Crippen MR) is 69.5 cm³/mol. The zero-order valence-electron chi connectivity index (χ0n) is 9.70. The fraction of sp³-hybridized carbons (Fsp3) is 0.385. The summed E-state index contributed by atoms with van der Waals surface area (Å²) in [5.74, 6) is -0.268. The quantitative estimate of drug-likeness (QED) is 0.622. The molecular weight excluding hydrogens is 282 g/mol. The SMILES string of the molecule is CCOC(=O)/C=C1/CCCc2c(Br)cncc21. The Morgan fingerprint density at radius 1 is 1.53 bits per heavy atom. The molecule has 90 valence electrons. The molecule has 2 rings (SSSR count). The number of esters is 1. The number of nitrogens with zero attached hydrogens (tertiary/aromatic N) is 1. The topological polar surface area (TPSA) is 39.2 Å². The van der Waals surface area contributed by atoms with E-state index in [9.17, 15) is 4.79 Å². The summed E-state index contributed by atoms with van der Waals surface area (Å²) in [6.45, 7) is 2.22. The van der Waals surface area contributed by atoms with Crippen molar-refractivity contribution in [3.05, 3.63) is 34.1 Å². The van der Waals surface area contributed by atoms with Crippen LogP contribution in [-0.4, -0.2) is 17.6 Å². The number of hydrogen-bond donors (Lipinski definition) is 0. The van der Waals surface area contributed by atoms with E-state index in [0.717, 1.165) is 34.9 Å². The van der Waals surface area contributed by atoms with Crippen LogP contribution in [0.3, 0.4) is 0 Å². The highest BCUT2D eigenvalue weighted by Crippen LogP contribution is 2.33. The molecule has 0 saturated heterocycles. The van der Waals surface area contributed by atoms with Crippen molar-refractivity contribution in [1.82, 2.24) is 4.98 Å². The van der Waals surface area contributed by atoms with Crippen molar-refractivity contribution in [2.24, 2.45) is 0 Å². The number of ether oxygens (including phenoxy) is 1. The standard InChI is InChI=1S/C13H14BrNO2/c1-2-17-13(16)6-9-4-3-5-10-11(9)7-15-8-12(10)14/h6-8H,2-5H2,1H3/b9-6-. The van der Waals surface area contributed by atoms with Crippen LogP contribution in [0.25, 0.3) is 5.57 Å². The molecule has 1 aliphatic carbocycles. The first-order chi connectivity index (χ1) is 8.22. The molecule has 0 bridgehead atoms. The molecule has 1 aromatic heterocycles. The minimum atomic E-state index is -0.268. The first-order valence-electron chi connectivity index (χ1n) is 5.72. The summed E-state index contributed by atoms with van der Waals surface area (Å²) in [5.41, 5.74) is 3.33. The lowest BCUT2D eigenvalue weighted by atomic mass is 9.88. The Kier molecular flexibility index (Phi) is 3.94. The second-order valence-corrected chi connectivity index (χ2v) is 4.78. The van der Waals surface area contributed by atoms with Gasteiger partial charge in [-0.2, -0.15) is 0 Å². The largest absolute Gasteiger partial charge is 0.463 e. The molecule has 0 fully saturated rings. The van der Waals surface area contributed by atoms with Gasteiger partial charge in [0.2, 0.25) is 0 Å². The molecule has 0 aromatic carbocycles. The van der Waals surface area contributed by atoms with Gasteiger partial charge in [-0.3, -0.25) is 4.98 Å². The van der Waals surface area contributed by atoms with Gasteiger partial charge in [-0.1, -0.05) is 0 Å². The van der Waals surface area contributed by atoms with Crippen LogP contribution >= 0.6 is 15.9 Å². The molecule has 0 saturated carbocycles. The maximum atomic E-state index is 11.5. The summed E-state index contributed by atoms with van der Waals surface area (Å²) in [6.07, 6.45) is 8.20. The van der Waals surface area contributed by atoms with Crippen molar-refractivity contribution in [2.45, 2.75) is 26.2 Å². The molecule has 0 atom stereocenters. The van der Waals surface area contributed by atoms with E-state index in [0.29, 0.717) is 6.61 Å². The maximum Gasteiger partial charge on any atom is 0.331 e. The maximum absolute atomic E-state index is 11.5. The molecule has 0 spiro atoms. The highest BCUT2D eigenvalue weighted by molar-refractivity contribution is 9.10. The highest BCUT2D eigenvalue weighted by atomic mass is 79.9. The minimum absolute atomic E-state index is 0.268. The lowest BCUT2D eigenvalue weighted by Crippen LogP contribution is -2.07. The van der Waals surface area contributed by atoms with E-state index in [4.69, 9.17) is 4.74 Å². The fourth-order valence-electron chi connectivity index (χ4n) is 2.06. The molecule has 0 N–H and O–H groups in total. The molecule has 0 unspecified atom stereocenters. The number of rotatable bonds is 2. The van der Waals surface area contributed by atoms with Crippen molar-refractivity contribution in [1.29, 1.82) is 0 Å². The molecule has 1 aromatic rings. The molecule has 3 nitrogen and oxygen atoms in total. The van der Waals surface area contributed by atoms with E-state index < -0.39 is 0 Å². The lowest BCUT2D eigenvalue weighted by molar-refractivity contribution is -0.137. The van der Waals surface area contributed by atoms with Crippen LogP contribution in [0.2, 0.25) is 0 Å². The number of fused-ring (bicyclic) bond motifs is 1. The number of aromatic nitrogens is 1. The second kappa shape index (κ2) is 5.45. The Labute approximate surface area is 109 Å². The van der Waals surface area contributed by atoms with Gasteiger partial charge in [0.05, 0.1) is 6.61 Å². The summed E-state index contributed by atoms with van der Waals surface area (Å²) in [7, 11) is 0. The van der Waals surface area contributed by atoms with E-state index in [1.54, 1.807) is 12.3 Å². The van der Waals surface area contributed by atoms with Crippen molar-refractivity contribution < 1.29 is 9.53 Å². The monoisotopic (exact) mass is 295 g/mol. The van der Waals surface area contributed by atoms with Gasteiger partial charge >= 0.3 is 5.97 Å². The third-order valence-electron chi connectivity index (χ3n) is 2.80. The number of pyridine rings is 1. The van der Waals surface area contributed by atoms with E-state index in [2.05, 4.69) is 20.9 Å². The number of carbonyl (C=O) groups is 1. The summed E-state index contributed by atoms with van der Waals surface area (Å²) < 4.78 is 5.96. The van der Waals surface area contributed by atoms with Gasteiger partial charge < -0.3 is 4.74 Å². The van der Waals surface area contributed by atoms with Gasteiger partial charge in [0.1, 0.15) is 0 Å². The van der Waals surface area contributed by atoms with Gasteiger partial charge in [0.25, 0.3) is 0 Å². The smallest absolute Gasteiger partial charge is 0.331 e. The van der Waals surface area contributed by atoms with Gasteiger partial charge in [0.15, 0.2) is 0 Å². The molecule has 0 aliphatic heterocycles. The van der Waals surface area contributed by atoms with Crippen LogP contribution in [0.5, 0.6) is 0 Å². The van der Waals surface area contributed by atoms with E-state index >= 15 is 0 Å². The average Bonchev–Trinajstić information content (AvgIpc) is 2.31. The number of hydrogen-bond acceptors (Lipinski definition) is 3. The molecule has 0 amide bonds. The second-order valence-electron chi connectivity index (χ2n) is 3.92. The normalized spacial score (nSPS) is 16.7. The van der Waals surface area contributed by atoms with Crippen molar-refractivity contribution in [3.63, 3.8) is 0 Å². The Morgan fingerprint density at radius 3 is 3.12 bits per heavy atom. The first kappa shape index (κ1) is 12.3. The third-order valence-corrected chi connectivity index (χ3v) is 3.49. The van der Waals surface area contributed by atoms with Crippen LogP contribution in [0, 0.1) is 0 Å². The van der Waals surface area contributed by atoms with Crippen LogP contribution in [0.1, 0.15) is 30.9 Å². The number of carbonyl (C=O) groups excluding carboxylic acids is 1. The molecule has 0 radical (unpaired) electrons. The van der Waals surface area contributed by atoms with Crippen LogP contribution in [-0.2, 0) is 16.0 Å². The molecule has 1 aliphatic rings. The van der Waals surface area contributed by atoms with E-state index in [1.807, 2.05) is 13.1 Å². The zero-order chi connectivity index (χ0) is 12.3. The van der Waals surface area contributed by atoms with Crippen molar-refractivity contribution >= 4 is 27.5 Å². The number of allylic oxidation sites excluding steroid dienone is 1. The summed E-state index contributed by atoms with van der Waals surface area (Å²) in [6, 6.07) is 0. The predicted octanol–water partition coefficient (Wildman–Crippen LogP) is 3.13. The summed E-state index contributed by atoms with van der Waals surface area (Å²) in [4.78, 5) is 15.6. The summed E-state index contributed by atoms with van der Waals surface area (Å²) in [5, 5.41) is 0. The molecule has 4 heteroatoms. The lowest BCUT2D eigenvalue weighted by Gasteiger charge is -2.19. The first-order valence-corrected chi connectivity index (χ1v) is 6.51. The Balaban J connectivity index is 2.35. The van der Waals surface area contributed by atoms with Crippen LogP contribution < -0.4 is 0 Å². The fourth-order valence-corrected chi connectivity index (χ4v) is 2.59. The Hall–Kier alpha value is -1.16. The minimum Gasteiger partial charge on any atom is -0.463 e. The van der Waals surface area contributed by atoms with Crippen molar-refractivity contribution in [2.75, 3.05) is 6.61 Å². The van der Waals surface area contributed by atoms with E-state index in [1.165, 1.54) is 5.56 Å². The molecular formula is C13H14BrNO2. The highest BCUT2D eigenvalue weighted by Gasteiger charge is 2.17. The van der Waals surface area contributed by atoms with Crippen LogP contribution in [0.4, 0.5) is 0 Å². The van der Waals surface area contributed by atoms with Gasteiger partial charge in [-0.05, 0) is 53.3 Å². The van der Waals surface area contributed by atoms with Crippen LogP contribution in [0.15, 0.2) is 22.9 Å².